The first-order valence-corrected chi connectivity index (χ1v) is 6.83. The molecule has 4 nitrogen and oxygen atoms in total. The molecule has 4 heteroatoms. The van der Waals surface area contributed by atoms with Gasteiger partial charge in [-0.2, -0.15) is 0 Å². The summed E-state index contributed by atoms with van der Waals surface area (Å²) in [4.78, 5) is 12.4. The first-order valence-electron chi connectivity index (χ1n) is 6.83. The summed E-state index contributed by atoms with van der Waals surface area (Å²) in [6.07, 6.45) is 0.889. The number of carbonyl (C=O) groups is 1. The van der Waals surface area contributed by atoms with Crippen LogP contribution in [-0.4, -0.2) is 18.6 Å². The van der Waals surface area contributed by atoms with Crippen molar-refractivity contribution in [1.82, 2.24) is 5.32 Å². The lowest BCUT2D eigenvalue weighted by Gasteiger charge is -2.22. The van der Waals surface area contributed by atoms with E-state index in [2.05, 4.69) is 26.1 Å². The zero-order valence-electron chi connectivity index (χ0n) is 12.2. The van der Waals surface area contributed by atoms with Crippen LogP contribution in [0.4, 0.5) is 5.69 Å². The molecule has 0 spiro atoms. The van der Waals surface area contributed by atoms with Gasteiger partial charge in [-0.3, -0.25) is 4.79 Å². The molecule has 1 unspecified atom stereocenters. The van der Waals surface area contributed by atoms with Gasteiger partial charge >= 0.3 is 0 Å². The monoisotopic (exact) mass is 264 g/mol. The molecule has 0 saturated carbocycles. The van der Waals surface area contributed by atoms with E-state index in [1.165, 1.54) is 0 Å². The van der Waals surface area contributed by atoms with Gasteiger partial charge in [0.05, 0.1) is 6.61 Å². The standard InChI is InChI=1S/C15H24N2O2/c1-5-12(10(3)4)17-15(18)14-11(16)8-7-9-13(14)19-6-2/h7-10,12H,5-6,16H2,1-4H3,(H,17,18). The van der Waals surface area contributed by atoms with Gasteiger partial charge in [-0.05, 0) is 31.4 Å². The van der Waals surface area contributed by atoms with Gasteiger partial charge in [-0.1, -0.05) is 26.8 Å². The molecule has 106 valence electrons. The van der Waals surface area contributed by atoms with Crippen molar-refractivity contribution in [2.75, 3.05) is 12.3 Å². The second-order valence-electron chi connectivity index (χ2n) is 4.89. The van der Waals surface area contributed by atoms with Crippen molar-refractivity contribution < 1.29 is 9.53 Å². The van der Waals surface area contributed by atoms with E-state index in [0.717, 1.165) is 6.42 Å². The summed E-state index contributed by atoms with van der Waals surface area (Å²) in [5, 5.41) is 3.02. The lowest BCUT2D eigenvalue weighted by Crippen LogP contribution is -2.38. The predicted molar refractivity (Wildman–Crippen MR) is 78.4 cm³/mol. The zero-order valence-corrected chi connectivity index (χ0v) is 12.2. The number of ether oxygens (including phenoxy) is 1. The topological polar surface area (TPSA) is 64.3 Å². The maximum Gasteiger partial charge on any atom is 0.257 e. The molecule has 19 heavy (non-hydrogen) atoms. The van der Waals surface area contributed by atoms with E-state index in [9.17, 15) is 4.79 Å². The molecule has 0 saturated heterocycles. The van der Waals surface area contributed by atoms with Crippen LogP contribution in [0.3, 0.4) is 0 Å². The Kier molecular flexibility index (Phi) is 5.67. The van der Waals surface area contributed by atoms with Crippen molar-refractivity contribution in [3.63, 3.8) is 0 Å². The minimum Gasteiger partial charge on any atom is -0.493 e. The largest absolute Gasteiger partial charge is 0.493 e. The lowest BCUT2D eigenvalue weighted by atomic mass is 10.0. The zero-order chi connectivity index (χ0) is 14.4. The van der Waals surface area contributed by atoms with Crippen LogP contribution in [0.1, 0.15) is 44.5 Å². The Hall–Kier alpha value is -1.71. The molecule has 0 radical (unpaired) electrons. The van der Waals surface area contributed by atoms with E-state index < -0.39 is 0 Å². The molecular weight excluding hydrogens is 240 g/mol. The highest BCUT2D eigenvalue weighted by Gasteiger charge is 2.20. The molecule has 0 bridgehead atoms. The SMILES string of the molecule is CCOc1cccc(N)c1C(=O)NC(CC)C(C)C. The van der Waals surface area contributed by atoms with Crippen LogP contribution in [-0.2, 0) is 0 Å². The minimum absolute atomic E-state index is 0.140. The summed E-state index contributed by atoms with van der Waals surface area (Å²) in [5.41, 5.74) is 6.79. The molecule has 3 N–H and O–H groups in total. The van der Waals surface area contributed by atoms with Gasteiger partial charge in [0.2, 0.25) is 0 Å². The number of nitrogens with two attached hydrogens (primary N) is 1. The summed E-state index contributed by atoms with van der Waals surface area (Å²) < 4.78 is 5.47. The number of nitrogen functional groups attached to an aromatic ring is 1. The Labute approximate surface area is 115 Å². The minimum atomic E-state index is -0.165. The van der Waals surface area contributed by atoms with Gasteiger partial charge in [0.25, 0.3) is 5.91 Å². The second kappa shape index (κ2) is 7.02. The quantitative estimate of drug-likeness (QED) is 0.776. The average molecular weight is 264 g/mol. The summed E-state index contributed by atoms with van der Waals surface area (Å²) in [6, 6.07) is 5.41. The third-order valence-corrected chi connectivity index (χ3v) is 3.15. The maximum absolute atomic E-state index is 12.4. The van der Waals surface area contributed by atoms with Crippen LogP contribution in [0, 0.1) is 5.92 Å². The highest BCUT2D eigenvalue weighted by atomic mass is 16.5. The molecule has 1 amide bonds. The normalized spacial score (nSPS) is 12.3. The second-order valence-corrected chi connectivity index (χ2v) is 4.89. The average Bonchev–Trinajstić information content (AvgIpc) is 2.35. The number of hydrogen-bond donors (Lipinski definition) is 2. The molecule has 0 heterocycles. The molecule has 0 fully saturated rings. The first-order chi connectivity index (χ1) is 9.01. The van der Waals surface area contributed by atoms with Crippen molar-refractivity contribution >= 4 is 11.6 Å². The molecule has 1 atom stereocenters. The number of amides is 1. The van der Waals surface area contributed by atoms with Crippen LogP contribution < -0.4 is 15.8 Å². The molecule has 0 aliphatic rings. The van der Waals surface area contributed by atoms with Crippen molar-refractivity contribution in [2.45, 2.75) is 40.2 Å². The number of benzene rings is 1. The van der Waals surface area contributed by atoms with Crippen molar-refractivity contribution in [2.24, 2.45) is 5.92 Å². The van der Waals surface area contributed by atoms with Crippen LogP contribution in [0.2, 0.25) is 0 Å². The molecule has 0 aliphatic heterocycles. The van der Waals surface area contributed by atoms with Gasteiger partial charge in [0.1, 0.15) is 11.3 Å². The van der Waals surface area contributed by atoms with E-state index in [1.54, 1.807) is 18.2 Å². The lowest BCUT2D eigenvalue weighted by molar-refractivity contribution is 0.0922. The third kappa shape index (κ3) is 3.88. The Morgan fingerprint density at radius 3 is 2.58 bits per heavy atom. The first kappa shape index (κ1) is 15.3. The highest BCUT2D eigenvalue weighted by Crippen LogP contribution is 2.24. The van der Waals surface area contributed by atoms with E-state index in [1.807, 2.05) is 6.92 Å². The Morgan fingerprint density at radius 1 is 1.37 bits per heavy atom. The molecule has 1 aromatic carbocycles. The summed E-state index contributed by atoms with van der Waals surface area (Å²) >= 11 is 0. The van der Waals surface area contributed by atoms with Crippen LogP contribution in [0.25, 0.3) is 0 Å². The summed E-state index contributed by atoms with van der Waals surface area (Å²) in [7, 11) is 0. The fourth-order valence-electron chi connectivity index (χ4n) is 2.05. The number of carbonyl (C=O) groups excluding carboxylic acids is 1. The molecule has 0 aliphatic carbocycles. The van der Waals surface area contributed by atoms with Crippen LogP contribution in [0.5, 0.6) is 5.75 Å². The number of hydrogen-bond acceptors (Lipinski definition) is 3. The summed E-state index contributed by atoms with van der Waals surface area (Å²) in [6.45, 7) is 8.63. The van der Waals surface area contributed by atoms with Crippen LogP contribution >= 0.6 is 0 Å². The van der Waals surface area contributed by atoms with E-state index in [0.29, 0.717) is 29.5 Å². The molecule has 0 aromatic heterocycles. The Bertz CT molecular complexity index is 430. The van der Waals surface area contributed by atoms with Gasteiger partial charge in [0, 0.05) is 11.7 Å². The fourth-order valence-corrected chi connectivity index (χ4v) is 2.05. The molecule has 1 rings (SSSR count). The Morgan fingerprint density at radius 2 is 2.05 bits per heavy atom. The summed E-state index contributed by atoms with van der Waals surface area (Å²) in [5.74, 6) is 0.759. The van der Waals surface area contributed by atoms with Gasteiger partial charge in [-0.15, -0.1) is 0 Å². The molecule has 1 aromatic rings. The maximum atomic E-state index is 12.4. The number of anilines is 1. The molecular formula is C15H24N2O2. The highest BCUT2D eigenvalue weighted by molar-refractivity contribution is 6.02. The van der Waals surface area contributed by atoms with Gasteiger partial charge < -0.3 is 15.8 Å². The van der Waals surface area contributed by atoms with Gasteiger partial charge in [-0.25, -0.2) is 0 Å². The van der Waals surface area contributed by atoms with E-state index in [-0.39, 0.29) is 11.9 Å². The fraction of sp³-hybridized carbons (Fsp3) is 0.533. The van der Waals surface area contributed by atoms with Crippen LogP contribution in [0.15, 0.2) is 18.2 Å². The Balaban J connectivity index is 2.98. The number of rotatable bonds is 6. The predicted octanol–water partition coefficient (Wildman–Crippen LogP) is 2.83. The van der Waals surface area contributed by atoms with Gasteiger partial charge in [0.15, 0.2) is 0 Å². The third-order valence-electron chi connectivity index (χ3n) is 3.15. The van der Waals surface area contributed by atoms with Crippen molar-refractivity contribution in [1.29, 1.82) is 0 Å². The van der Waals surface area contributed by atoms with E-state index in [4.69, 9.17) is 10.5 Å². The van der Waals surface area contributed by atoms with Crippen molar-refractivity contribution in [3.8, 4) is 5.75 Å². The smallest absolute Gasteiger partial charge is 0.257 e. The van der Waals surface area contributed by atoms with E-state index >= 15 is 0 Å². The number of nitrogens with one attached hydrogen (secondary N) is 1. The van der Waals surface area contributed by atoms with Crippen molar-refractivity contribution in [3.05, 3.63) is 23.8 Å².